The lowest BCUT2D eigenvalue weighted by Gasteiger charge is -2.06. The zero-order valence-corrected chi connectivity index (χ0v) is 12.5. The Hall–Kier alpha value is -0.960. The highest BCUT2D eigenvalue weighted by atomic mass is 35.5. The lowest BCUT2D eigenvalue weighted by Crippen LogP contribution is -2.13. The summed E-state index contributed by atoms with van der Waals surface area (Å²) >= 11 is 12.2. The van der Waals surface area contributed by atoms with Crippen LogP contribution in [0.4, 0.5) is 0 Å². The van der Waals surface area contributed by atoms with E-state index in [2.05, 4.69) is 35.3 Å². The van der Waals surface area contributed by atoms with Crippen LogP contribution in [0.1, 0.15) is 24.5 Å². The van der Waals surface area contributed by atoms with Crippen LogP contribution >= 0.6 is 23.2 Å². The van der Waals surface area contributed by atoms with E-state index in [-0.39, 0.29) is 0 Å². The quantitative estimate of drug-likeness (QED) is 0.785. The van der Waals surface area contributed by atoms with Gasteiger partial charge in [-0.25, -0.2) is 0 Å². The number of aromatic nitrogens is 1. The Morgan fingerprint density at radius 3 is 2.84 bits per heavy atom. The zero-order chi connectivity index (χ0) is 13.7. The third-order valence-electron chi connectivity index (χ3n) is 2.93. The molecule has 0 aliphatic carbocycles. The second-order valence-electron chi connectivity index (χ2n) is 4.60. The lowest BCUT2D eigenvalue weighted by molar-refractivity contribution is 0.673. The maximum atomic E-state index is 6.17. The summed E-state index contributed by atoms with van der Waals surface area (Å²) in [5.41, 5.74) is 2.32. The normalized spacial score (nSPS) is 10.9. The first-order valence-corrected chi connectivity index (χ1v) is 7.24. The summed E-state index contributed by atoms with van der Waals surface area (Å²) in [6.07, 6.45) is 5.36. The van der Waals surface area contributed by atoms with Gasteiger partial charge in [0, 0.05) is 35.5 Å². The molecule has 0 unspecified atom stereocenters. The van der Waals surface area contributed by atoms with E-state index < -0.39 is 0 Å². The summed E-state index contributed by atoms with van der Waals surface area (Å²) in [6, 6.07) is 7.69. The van der Waals surface area contributed by atoms with Gasteiger partial charge in [-0.1, -0.05) is 30.1 Å². The van der Waals surface area contributed by atoms with Crippen molar-refractivity contribution in [3.63, 3.8) is 0 Å². The molecular weight excluding hydrogens is 279 g/mol. The SMILES string of the molecule is CCCNCc1ccn(Cc2cc(Cl)ccc2Cl)c1. The van der Waals surface area contributed by atoms with E-state index in [0.717, 1.165) is 41.7 Å². The van der Waals surface area contributed by atoms with E-state index >= 15 is 0 Å². The van der Waals surface area contributed by atoms with E-state index in [1.165, 1.54) is 5.56 Å². The van der Waals surface area contributed by atoms with Crippen molar-refractivity contribution in [1.82, 2.24) is 9.88 Å². The summed E-state index contributed by atoms with van der Waals surface area (Å²) in [6.45, 7) is 4.86. The van der Waals surface area contributed by atoms with E-state index in [1.807, 2.05) is 18.2 Å². The average Bonchev–Trinajstić information content (AvgIpc) is 2.82. The molecule has 0 radical (unpaired) electrons. The Bertz CT molecular complexity index is 535. The van der Waals surface area contributed by atoms with Gasteiger partial charge in [0.1, 0.15) is 0 Å². The molecule has 0 aliphatic rings. The number of hydrogen-bond acceptors (Lipinski definition) is 1. The molecule has 2 nitrogen and oxygen atoms in total. The van der Waals surface area contributed by atoms with Crippen LogP contribution in [0, 0.1) is 0 Å². The molecule has 0 saturated heterocycles. The molecule has 0 amide bonds. The second kappa shape index (κ2) is 6.99. The van der Waals surface area contributed by atoms with Crippen LogP contribution < -0.4 is 5.32 Å². The fraction of sp³-hybridized carbons (Fsp3) is 0.333. The van der Waals surface area contributed by atoms with E-state index in [0.29, 0.717) is 0 Å². The summed E-state index contributed by atoms with van der Waals surface area (Å²) in [4.78, 5) is 0. The van der Waals surface area contributed by atoms with Crippen LogP contribution in [0.2, 0.25) is 10.0 Å². The van der Waals surface area contributed by atoms with Gasteiger partial charge in [-0.15, -0.1) is 0 Å². The minimum absolute atomic E-state index is 0.719. The van der Waals surface area contributed by atoms with Crippen molar-refractivity contribution >= 4 is 23.2 Å². The Morgan fingerprint density at radius 2 is 2.05 bits per heavy atom. The Balaban J connectivity index is 2.01. The van der Waals surface area contributed by atoms with Gasteiger partial charge in [-0.3, -0.25) is 0 Å². The third-order valence-corrected chi connectivity index (χ3v) is 3.53. The monoisotopic (exact) mass is 296 g/mol. The smallest absolute Gasteiger partial charge is 0.0485 e. The Labute approximate surface area is 124 Å². The fourth-order valence-corrected chi connectivity index (χ4v) is 2.34. The summed E-state index contributed by atoms with van der Waals surface area (Å²) in [5, 5.41) is 4.86. The van der Waals surface area contributed by atoms with Gasteiger partial charge in [0.05, 0.1) is 0 Å². The van der Waals surface area contributed by atoms with Crippen LogP contribution in [-0.2, 0) is 13.1 Å². The lowest BCUT2D eigenvalue weighted by atomic mass is 10.2. The van der Waals surface area contributed by atoms with E-state index in [1.54, 1.807) is 0 Å². The van der Waals surface area contributed by atoms with Gasteiger partial charge < -0.3 is 9.88 Å². The number of halogens is 2. The van der Waals surface area contributed by atoms with Crippen LogP contribution in [0.5, 0.6) is 0 Å². The van der Waals surface area contributed by atoms with Gasteiger partial charge in [0.2, 0.25) is 0 Å². The van der Waals surface area contributed by atoms with Crippen LogP contribution in [-0.4, -0.2) is 11.1 Å². The topological polar surface area (TPSA) is 17.0 Å². The van der Waals surface area contributed by atoms with Crippen molar-refractivity contribution in [3.05, 3.63) is 57.8 Å². The molecule has 0 atom stereocenters. The molecule has 19 heavy (non-hydrogen) atoms. The Morgan fingerprint density at radius 1 is 1.21 bits per heavy atom. The van der Waals surface area contributed by atoms with Crippen molar-refractivity contribution in [2.75, 3.05) is 6.54 Å². The number of nitrogens with one attached hydrogen (secondary N) is 1. The molecule has 102 valence electrons. The maximum Gasteiger partial charge on any atom is 0.0485 e. The van der Waals surface area contributed by atoms with Crippen LogP contribution in [0.3, 0.4) is 0 Å². The molecule has 4 heteroatoms. The number of rotatable bonds is 6. The summed E-state index contributed by atoms with van der Waals surface area (Å²) in [7, 11) is 0. The average molecular weight is 297 g/mol. The number of hydrogen-bond donors (Lipinski definition) is 1. The highest BCUT2D eigenvalue weighted by Crippen LogP contribution is 2.21. The van der Waals surface area contributed by atoms with Gasteiger partial charge in [-0.05, 0) is 48.4 Å². The predicted octanol–water partition coefficient (Wildman–Crippen LogP) is 4.34. The third kappa shape index (κ3) is 4.27. The molecule has 2 rings (SSSR count). The molecule has 1 N–H and O–H groups in total. The first-order chi connectivity index (χ1) is 9.19. The fourth-order valence-electron chi connectivity index (χ4n) is 1.96. The van der Waals surface area contributed by atoms with Crippen molar-refractivity contribution in [1.29, 1.82) is 0 Å². The van der Waals surface area contributed by atoms with Crippen LogP contribution in [0.15, 0.2) is 36.7 Å². The number of benzene rings is 1. The molecular formula is C15H18Cl2N2. The van der Waals surface area contributed by atoms with E-state index in [9.17, 15) is 0 Å². The molecule has 0 aliphatic heterocycles. The maximum absolute atomic E-state index is 6.17. The van der Waals surface area contributed by atoms with Gasteiger partial charge >= 0.3 is 0 Å². The second-order valence-corrected chi connectivity index (χ2v) is 5.45. The minimum atomic E-state index is 0.719. The molecule has 0 fully saturated rings. The van der Waals surface area contributed by atoms with Gasteiger partial charge in [-0.2, -0.15) is 0 Å². The standard InChI is InChI=1S/C15H18Cl2N2/c1-2-6-18-9-12-5-7-19(10-12)11-13-8-14(16)3-4-15(13)17/h3-5,7-8,10,18H,2,6,9,11H2,1H3. The predicted molar refractivity (Wildman–Crippen MR) is 82.0 cm³/mol. The molecule has 1 aromatic heterocycles. The molecule has 1 aromatic carbocycles. The van der Waals surface area contributed by atoms with Gasteiger partial charge in [0.15, 0.2) is 0 Å². The number of nitrogens with zero attached hydrogens (tertiary/aromatic N) is 1. The van der Waals surface area contributed by atoms with Gasteiger partial charge in [0.25, 0.3) is 0 Å². The van der Waals surface area contributed by atoms with Crippen molar-refractivity contribution in [2.24, 2.45) is 0 Å². The largest absolute Gasteiger partial charge is 0.350 e. The molecule has 1 heterocycles. The van der Waals surface area contributed by atoms with E-state index in [4.69, 9.17) is 23.2 Å². The van der Waals surface area contributed by atoms with Crippen molar-refractivity contribution in [3.8, 4) is 0 Å². The molecule has 0 saturated carbocycles. The summed E-state index contributed by atoms with van der Waals surface area (Å²) < 4.78 is 2.13. The highest BCUT2D eigenvalue weighted by Gasteiger charge is 2.03. The Kier molecular flexibility index (Phi) is 5.32. The van der Waals surface area contributed by atoms with Crippen molar-refractivity contribution < 1.29 is 0 Å². The summed E-state index contributed by atoms with van der Waals surface area (Å²) in [5.74, 6) is 0. The molecule has 2 aromatic rings. The molecule has 0 bridgehead atoms. The first kappa shape index (κ1) is 14.4. The minimum Gasteiger partial charge on any atom is -0.350 e. The highest BCUT2D eigenvalue weighted by molar-refractivity contribution is 6.33. The first-order valence-electron chi connectivity index (χ1n) is 6.48. The molecule has 0 spiro atoms. The zero-order valence-electron chi connectivity index (χ0n) is 11.0. The van der Waals surface area contributed by atoms with Crippen LogP contribution in [0.25, 0.3) is 0 Å². The van der Waals surface area contributed by atoms with Crippen molar-refractivity contribution in [2.45, 2.75) is 26.4 Å².